The highest BCUT2D eigenvalue weighted by Gasteiger charge is 2.46. The Balaban J connectivity index is 2.37. The Morgan fingerprint density at radius 2 is 2.22 bits per heavy atom. The number of benzene rings is 1. The monoisotopic (exact) mass is 246 g/mol. The summed E-state index contributed by atoms with van der Waals surface area (Å²) in [7, 11) is 0. The Labute approximate surface area is 104 Å². The first-order valence-corrected chi connectivity index (χ1v) is 5.92. The van der Waals surface area contributed by atoms with Gasteiger partial charge in [0.15, 0.2) is 0 Å². The van der Waals surface area contributed by atoms with E-state index in [0.29, 0.717) is 11.0 Å². The fraction of sp³-hybridized carbons (Fsp3) is 0.385. The Kier molecular flexibility index (Phi) is 2.22. The van der Waals surface area contributed by atoms with Crippen molar-refractivity contribution in [2.24, 2.45) is 0 Å². The van der Waals surface area contributed by atoms with E-state index in [1.165, 1.54) is 0 Å². The van der Waals surface area contributed by atoms with Crippen LogP contribution in [-0.2, 0) is 5.54 Å². The normalized spacial score (nSPS) is 17.0. The molecule has 2 N–H and O–H groups in total. The summed E-state index contributed by atoms with van der Waals surface area (Å²) in [6.07, 6.45) is 1.73. The molecule has 0 spiro atoms. The molecular weight excluding hydrogens is 232 g/mol. The summed E-state index contributed by atoms with van der Waals surface area (Å²) in [5.41, 5.74) is 1.19. The number of hydrogen-bond acceptors (Lipinski definition) is 3. The van der Waals surface area contributed by atoms with Crippen molar-refractivity contribution in [3.8, 4) is 0 Å². The van der Waals surface area contributed by atoms with E-state index in [1.54, 1.807) is 18.2 Å². The number of aliphatic hydroxyl groups is 1. The van der Waals surface area contributed by atoms with Gasteiger partial charge in [0.1, 0.15) is 5.82 Å². The number of fused-ring (bicyclic) bond motifs is 1. The first-order chi connectivity index (χ1) is 8.59. The molecule has 0 atom stereocenters. The highest BCUT2D eigenvalue weighted by Crippen LogP contribution is 2.46. The van der Waals surface area contributed by atoms with E-state index in [9.17, 15) is 15.0 Å². The molecule has 1 heterocycles. The van der Waals surface area contributed by atoms with Gasteiger partial charge in [-0.3, -0.25) is 0 Å². The van der Waals surface area contributed by atoms with Gasteiger partial charge in [0.2, 0.25) is 0 Å². The minimum absolute atomic E-state index is 0.0211. The lowest BCUT2D eigenvalue weighted by Gasteiger charge is -2.18. The van der Waals surface area contributed by atoms with E-state index in [-0.39, 0.29) is 17.7 Å². The van der Waals surface area contributed by atoms with Crippen molar-refractivity contribution >= 4 is 17.0 Å². The van der Waals surface area contributed by atoms with Crippen molar-refractivity contribution in [1.82, 2.24) is 9.55 Å². The number of aromatic nitrogens is 2. The first-order valence-electron chi connectivity index (χ1n) is 5.92. The van der Waals surface area contributed by atoms with Gasteiger partial charge in [0.25, 0.3) is 0 Å². The van der Waals surface area contributed by atoms with Gasteiger partial charge in [-0.1, -0.05) is 6.07 Å². The van der Waals surface area contributed by atoms with Crippen LogP contribution in [0.3, 0.4) is 0 Å². The zero-order valence-electron chi connectivity index (χ0n) is 10.1. The lowest BCUT2D eigenvalue weighted by molar-refractivity contribution is 0.0698. The van der Waals surface area contributed by atoms with Crippen LogP contribution in [0.1, 0.15) is 29.0 Å². The number of para-hydroxylation sites is 1. The quantitative estimate of drug-likeness (QED) is 0.861. The van der Waals surface area contributed by atoms with Crippen LogP contribution >= 0.6 is 0 Å². The summed E-state index contributed by atoms with van der Waals surface area (Å²) in [5, 5.41) is 18.8. The van der Waals surface area contributed by atoms with E-state index in [2.05, 4.69) is 4.98 Å². The summed E-state index contributed by atoms with van der Waals surface area (Å²) in [4.78, 5) is 15.7. The topological polar surface area (TPSA) is 75.3 Å². The van der Waals surface area contributed by atoms with Crippen molar-refractivity contribution < 1.29 is 15.0 Å². The number of carboxylic acid groups (broad SMARTS) is 1. The predicted molar refractivity (Wildman–Crippen MR) is 65.7 cm³/mol. The van der Waals surface area contributed by atoms with Crippen molar-refractivity contribution in [3.05, 3.63) is 29.6 Å². The molecular formula is C13H14N2O3. The van der Waals surface area contributed by atoms with Crippen LogP contribution < -0.4 is 0 Å². The fourth-order valence-corrected chi connectivity index (χ4v) is 2.59. The van der Waals surface area contributed by atoms with Gasteiger partial charge in [0.05, 0.1) is 28.7 Å². The molecule has 0 amide bonds. The van der Waals surface area contributed by atoms with E-state index >= 15 is 0 Å². The van der Waals surface area contributed by atoms with E-state index in [4.69, 9.17) is 0 Å². The molecule has 1 aromatic heterocycles. The van der Waals surface area contributed by atoms with Crippen LogP contribution in [0.5, 0.6) is 0 Å². The molecule has 1 aliphatic rings. The Morgan fingerprint density at radius 3 is 2.78 bits per heavy atom. The number of rotatable bonds is 3. The van der Waals surface area contributed by atoms with E-state index in [1.807, 2.05) is 11.5 Å². The minimum atomic E-state index is -0.963. The number of aromatic carboxylic acids is 1. The lowest BCUT2D eigenvalue weighted by atomic mass is 10.1. The largest absolute Gasteiger partial charge is 0.478 e. The highest BCUT2D eigenvalue weighted by molar-refractivity contribution is 6.01. The molecule has 2 aromatic rings. The van der Waals surface area contributed by atoms with Crippen molar-refractivity contribution in [1.29, 1.82) is 0 Å². The van der Waals surface area contributed by atoms with Crippen molar-refractivity contribution in [2.75, 3.05) is 6.61 Å². The third-order valence-corrected chi connectivity index (χ3v) is 3.67. The van der Waals surface area contributed by atoms with Crippen LogP contribution in [0.25, 0.3) is 11.0 Å². The second-order valence-electron chi connectivity index (χ2n) is 4.86. The number of hydrogen-bond donors (Lipinski definition) is 2. The van der Waals surface area contributed by atoms with Gasteiger partial charge in [-0.05, 0) is 31.9 Å². The number of aryl methyl sites for hydroxylation is 1. The van der Waals surface area contributed by atoms with Gasteiger partial charge in [-0.2, -0.15) is 0 Å². The number of imidazole rings is 1. The molecule has 3 rings (SSSR count). The molecule has 0 bridgehead atoms. The first kappa shape index (κ1) is 11.2. The third kappa shape index (κ3) is 1.37. The zero-order valence-corrected chi connectivity index (χ0v) is 10.1. The summed E-state index contributed by atoms with van der Waals surface area (Å²) < 4.78 is 1.89. The third-order valence-electron chi connectivity index (χ3n) is 3.67. The molecule has 94 valence electrons. The second kappa shape index (κ2) is 3.55. The van der Waals surface area contributed by atoms with Crippen LogP contribution in [0.4, 0.5) is 0 Å². The van der Waals surface area contributed by atoms with Crippen molar-refractivity contribution in [3.63, 3.8) is 0 Å². The smallest absolute Gasteiger partial charge is 0.337 e. The zero-order chi connectivity index (χ0) is 12.9. The van der Waals surface area contributed by atoms with Gasteiger partial charge in [-0.15, -0.1) is 0 Å². The maximum atomic E-state index is 11.3. The van der Waals surface area contributed by atoms with Gasteiger partial charge >= 0.3 is 5.97 Å². The van der Waals surface area contributed by atoms with Crippen LogP contribution in [0, 0.1) is 6.92 Å². The van der Waals surface area contributed by atoms with Crippen molar-refractivity contribution in [2.45, 2.75) is 25.3 Å². The maximum Gasteiger partial charge on any atom is 0.337 e. The molecule has 0 aliphatic heterocycles. The van der Waals surface area contributed by atoms with Gasteiger partial charge in [-0.25, -0.2) is 9.78 Å². The van der Waals surface area contributed by atoms with E-state index in [0.717, 1.165) is 18.7 Å². The lowest BCUT2D eigenvalue weighted by Crippen LogP contribution is -2.23. The Bertz CT molecular complexity index is 641. The standard InChI is InChI=1S/C13H14N2O3/c1-8-14-10-4-2-3-9(12(17)18)11(10)15(8)13(7-16)5-6-13/h2-4,16H,5-7H2,1H3,(H,17,18). The molecule has 1 aromatic carbocycles. The summed E-state index contributed by atoms with van der Waals surface area (Å²) in [6.45, 7) is 1.87. The Morgan fingerprint density at radius 1 is 1.50 bits per heavy atom. The molecule has 18 heavy (non-hydrogen) atoms. The molecule has 1 fully saturated rings. The minimum Gasteiger partial charge on any atom is -0.478 e. The summed E-state index contributed by atoms with van der Waals surface area (Å²) in [6, 6.07) is 5.08. The molecule has 1 saturated carbocycles. The van der Waals surface area contributed by atoms with Gasteiger partial charge < -0.3 is 14.8 Å². The van der Waals surface area contributed by atoms with Crippen LogP contribution in [-0.4, -0.2) is 32.3 Å². The van der Waals surface area contributed by atoms with Crippen LogP contribution in [0.15, 0.2) is 18.2 Å². The fourth-order valence-electron chi connectivity index (χ4n) is 2.59. The molecule has 1 aliphatic carbocycles. The molecule has 0 unspecified atom stereocenters. The van der Waals surface area contributed by atoms with E-state index < -0.39 is 5.97 Å². The molecule has 0 saturated heterocycles. The Hall–Kier alpha value is -1.88. The number of aliphatic hydroxyl groups excluding tert-OH is 1. The molecule has 0 radical (unpaired) electrons. The average Bonchev–Trinajstić information content (AvgIpc) is 3.05. The van der Waals surface area contributed by atoms with Crippen LogP contribution in [0.2, 0.25) is 0 Å². The molecule has 5 nitrogen and oxygen atoms in total. The SMILES string of the molecule is Cc1nc2cccc(C(=O)O)c2n1C1(CO)CC1. The second-order valence-corrected chi connectivity index (χ2v) is 4.86. The number of nitrogens with zero attached hydrogens (tertiary/aromatic N) is 2. The summed E-state index contributed by atoms with van der Waals surface area (Å²) >= 11 is 0. The maximum absolute atomic E-state index is 11.3. The average molecular weight is 246 g/mol. The summed E-state index contributed by atoms with van der Waals surface area (Å²) in [5.74, 6) is -0.208. The number of carboxylic acids is 1. The number of carbonyl (C=O) groups is 1. The predicted octanol–water partition coefficient (Wildman–Crippen LogP) is 1.52. The molecule has 5 heteroatoms. The highest BCUT2D eigenvalue weighted by atomic mass is 16.4. The van der Waals surface area contributed by atoms with Gasteiger partial charge in [0, 0.05) is 0 Å².